The van der Waals surface area contributed by atoms with E-state index in [0.717, 1.165) is 12.1 Å². The summed E-state index contributed by atoms with van der Waals surface area (Å²) in [6.45, 7) is 4.27. The lowest BCUT2D eigenvalue weighted by atomic mass is 10.2. The van der Waals surface area contributed by atoms with Gasteiger partial charge in [-0.1, -0.05) is 24.2 Å². The molecule has 7 nitrogen and oxygen atoms in total. The summed E-state index contributed by atoms with van der Waals surface area (Å²) in [5, 5.41) is 10.2. The van der Waals surface area contributed by atoms with Crippen molar-refractivity contribution in [2.24, 2.45) is 4.99 Å². The fraction of sp³-hybridized carbons (Fsp3) is 0.474. The standard InChI is InChI=1S/C19H26F2N4O3/c1-4-14-10-15(28-25-14)12-24-19(22-5-2)23-11-13-8-7-9-16(26-6-3)17(13)27-18(20)21/h7-10,18H,4-6,11-12H2,1-3H3,(H2,22,23,24). The zero-order valence-electron chi connectivity index (χ0n) is 16.3. The molecule has 0 fully saturated rings. The molecular weight excluding hydrogens is 370 g/mol. The van der Waals surface area contributed by atoms with Crippen LogP contribution in [0, 0.1) is 0 Å². The molecule has 0 aliphatic carbocycles. The van der Waals surface area contributed by atoms with E-state index in [1.165, 1.54) is 0 Å². The zero-order chi connectivity index (χ0) is 20.4. The third-order valence-corrected chi connectivity index (χ3v) is 3.72. The summed E-state index contributed by atoms with van der Waals surface area (Å²) >= 11 is 0. The van der Waals surface area contributed by atoms with Gasteiger partial charge in [0.15, 0.2) is 23.2 Å². The number of halogens is 2. The highest BCUT2D eigenvalue weighted by atomic mass is 19.3. The fourth-order valence-electron chi connectivity index (χ4n) is 2.46. The van der Waals surface area contributed by atoms with Crippen molar-refractivity contribution in [1.29, 1.82) is 0 Å². The Morgan fingerprint density at radius 1 is 1.25 bits per heavy atom. The number of nitrogens with one attached hydrogen (secondary N) is 2. The van der Waals surface area contributed by atoms with E-state index in [2.05, 4.69) is 25.5 Å². The van der Waals surface area contributed by atoms with Crippen LogP contribution in [0.25, 0.3) is 0 Å². The maximum absolute atomic E-state index is 12.8. The van der Waals surface area contributed by atoms with Gasteiger partial charge in [0.25, 0.3) is 0 Å². The SMILES string of the molecule is CCNC(=NCc1cccc(OCC)c1OC(F)F)NCc1cc(CC)no1. The molecule has 154 valence electrons. The molecule has 1 aromatic heterocycles. The van der Waals surface area contributed by atoms with Crippen molar-refractivity contribution in [3.63, 3.8) is 0 Å². The summed E-state index contributed by atoms with van der Waals surface area (Å²) in [5.74, 6) is 1.47. The van der Waals surface area contributed by atoms with Crippen molar-refractivity contribution in [3.05, 3.63) is 41.3 Å². The van der Waals surface area contributed by atoms with Gasteiger partial charge in [0, 0.05) is 18.2 Å². The minimum Gasteiger partial charge on any atom is -0.490 e. The summed E-state index contributed by atoms with van der Waals surface area (Å²) in [6, 6.07) is 6.86. The van der Waals surface area contributed by atoms with Crippen LogP contribution in [0.4, 0.5) is 8.78 Å². The smallest absolute Gasteiger partial charge is 0.387 e. The third kappa shape index (κ3) is 6.40. The van der Waals surface area contributed by atoms with Crippen molar-refractivity contribution in [2.45, 2.75) is 46.9 Å². The monoisotopic (exact) mass is 396 g/mol. The molecule has 0 unspecified atom stereocenters. The highest BCUT2D eigenvalue weighted by Crippen LogP contribution is 2.33. The van der Waals surface area contributed by atoms with Gasteiger partial charge < -0.3 is 24.6 Å². The number of hydrogen-bond donors (Lipinski definition) is 2. The number of rotatable bonds is 10. The highest BCUT2D eigenvalue weighted by molar-refractivity contribution is 5.79. The Morgan fingerprint density at radius 3 is 2.71 bits per heavy atom. The summed E-state index contributed by atoms with van der Waals surface area (Å²) in [6.07, 6.45) is 0.792. The van der Waals surface area contributed by atoms with Crippen LogP contribution in [0.15, 0.2) is 33.8 Å². The second kappa shape index (κ2) is 11.1. The molecule has 0 saturated carbocycles. The fourth-order valence-corrected chi connectivity index (χ4v) is 2.46. The van der Waals surface area contributed by atoms with Crippen LogP contribution < -0.4 is 20.1 Å². The molecule has 0 radical (unpaired) electrons. The molecule has 0 atom stereocenters. The Labute approximate surface area is 163 Å². The molecule has 2 aromatic rings. The van der Waals surface area contributed by atoms with Gasteiger partial charge in [-0.3, -0.25) is 0 Å². The molecular formula is C19H26F2N4O3. The summed E-state index contributed by atoms with van der Waals surface area (Å²) in [5.41, 5.74) is 1.37. The number of para-hydroxylation sites is 1. The summed E-state index contributed by atoms with van der Waals surface area (Å²) < 4.78 is 41.0. The quantitative estimate of drug-likeness (QED) is 0.473. The van der Waals surface area contributed by atoms with E-state index in [-0.39, 0.29) is 18.0 Å². The maximum atomic E-state index is 12.8. The molecule has 0 saturated heterocycles. The van der Waals surface area contributed by atoms with Crippen LogP contribution in [0.5, 0.6) is 11.5 Å². The summed E-state index contributed by atoms with van der Waals surface area (Å²) in [4.78, 5) is 4.45. The van der Waals surface area contributed by atoms with Gasteiger partial charge in [-0.05, 0) is 26.3 Å². The van der Waals surface area contributed by atoms with E-state index < -0.39 is 6.61 Å². The predicted molar refractivity (Wildman–Crippen MR) is 102 cm³/mol. The van der Waals surface area contributed by atoms with Crippen LogP contribution in [0.1, 0.15) is 37.8 Å². The molecule has 9 heteroatoms. The molecule has 0 aliphatic heterocycles. The van der Waals surface area contributed by atoms with E-state index in [1.54, 1.807) is 25.1 Å². The van der Waals surface area contributed by atoms with E-state index >= 15 is 0 Å². The van der Waals surface area contributed by atoms with Crippen LogP contribution >= 0.6 is 0 Å². The van der Waals surface area contributed by atoms with Crippen molar-refractivity contribution in [1.82, 2.24) is 15.8 Å². The molecule has 0 bridgehead atoms. The van der Waals surface area contributed by atoms with Crippen LogP contribution in [-0.4, -0.2) is 30.9 Å². The Bertz CT molecular complexity index is 765. The van der Waals surface area contributed by atoms with Crippen molar-refractivity contribution >= 4 is 5.96 Å². The van der Waals surface area contributed by atoms with Crippen molar-refractivity contribution in [3.8, 4) is 11.5 Å². The first-order valence-electron chi connectivity index (χ1n) is 9.23. The molecule has 1 aromatic carbocycles. The first-order chi connectivity index (χ1) is 13.6. The largest absolute Gasteiger partial charge is 0.490 e. The van der Waals surface area contributed by atoms with Gasteiger partial charge >= 0.3 is 6.61 Å². The van der Waals surface area contributed by atoms with Gasteiger partial charge in [-0.15, -0.1) is 0 Å². The second-order valence-electron chi connectivity index (χ2n) is 5.74. The lowest BCUT2D eigenvalue weighted by Crippen LogP contribution is -2.36. The minimum absolute atomic E-state index is 0.00164. The number of nitrogens with zero attached hydrogens (tertiary/aromatic N) is 2. The number of aromatic nitrogens is 1. The highest BCUT2D eigenvalue weighted by Gasteiger charge is 2.15. The first-order valence-corrected chi connectivity index (χ1v) is 9.23. The number of ether oxygens (including phenoxy) is 2. The van der Waals surface area contributed by atoms with E-state index in [0.29, 0.717) is 37.0 Å². The van der Waals surface area contributed by atoms with Gasteiger partial charge in [0.2, 0.25) is 0 Å². The lowest BCUT2D eigenvalue weighted by Gasteiger charge is -2.15. The Balaban J connectivity index is 2.13. The number of aryl methyl sites for hydroxylation is 1. The normalized spacial score (nSPS) is 11.6. The molecule has 28 heavy (non-hydrogen) atoms. The maximum Gasteiger partial charge on any atom is 0.387 e. The molecule has 0 spiro atoms. The Morgan fingerprint density at radius 2 is 2.07 bits per heavy atom. The average molecular weight is 396 g/mol. The topological polar surface area (TPSA) is 80.9 Å². The molecule has 2 rings (SSSR count). The molecule has 0 amide bonds. The minimum atomic E-state index is -2.95. The number of alkyl halides is 2. The zero-order valence-corrected chi connectivity index (χ0v) is 16.3. The average Bonchev–Trinajstić information content (AvgIpc) is 3.14. The van der Waals surface area contributed by atoms with Crippen LogP contribution in [0.2, 0.25) is 0 Å². The van der Waals surface area contributed by atoms with Crippen LogP contribution in [0.3, 0.4) is 0 Å². The summed E-state index contributed by atoms with van der Waals surface area (Å²) in [7, 11) is 0. The Kier molecular flexibility index (Phi) is 8.51. The van der Waals surface area contributed by atoms with Crippen molar-refractivity contribution in [2.75, 3.05) is 13.2 Å². The van der Waals surface area contributed by atoms with Gasteiger partial charge in [-0.2, -0.15) is 8.78 Å². The number of benzene rings is 1. The third-order valence-electron chi connectivity index (χ3n) is 3.72. The first kappa shape index (κ1) is 21.5. The molecule has 2 N–H and O–H groups in total. The molecule has 1 heterocycles. The molecule has 0 aliphatic rings. The number of hydrogen-bond acceptors (Lipinski definition) is 5. The van der Waals surface area contributed by atoms with E-state index in [9.17, 15) is 8.78 Å². The number of aliphatic imine (C=N–C) groups is 1. The Hall–Kier alpha value is -2.84. The lowest BCUT2D eigenvalue weighted by molar-refractivity contribution is -0.0520. The van der Waals surface area contributed by atoms with Gasteiger partial charge in [-0.25, -0.2) is 4.99 Å². The van der Waals surface area contributed by atoms with Gasteiger partial charge in [0.1, 0.15) is 0 Å². The number of guanidine groups is 1. The van der Waals surface area contributed by atoms with Gasteiger partial charge in [0.05, 0.1) is 25.4 Å². The van der Waals surface area contributed by atoms with Crippen molar-refractivity contribution < 1.29 is 22.8 Å². The second-order valence-corrected chi connectivity index (χ2v) is 5.74. The van der Waals surface area contributed by atoms with E-state index in [1.807, 2.05) is 19.9 Å². The van der Waals surface area contributed by atoms with E-state index in [4.69, 9.17) is 9.26 Å². The predicted octanol–water partition coefficient (Wildman–Crippen LogP) is 3.49. The van der Waals surface area contributed by atoms with Crippen LogP contribution in [-0.2, 0) is 19.5 Å².